The molecule has 0 spiro atoms. The summed E-state index contributed by atoms with van der Waals surface area (Å²) in [5.41, 5.74) is 5.05. The molecule has 0 radical (unpaired) electrons. The number of piperidine rings is 1. The number of carboxylic acid groups (broad SMARTS) is 1. The fourth-order valence-electron chi connectivity index (χ4n) is 7.59. The Morgan fingerprint density at radius 3 is 1.98 bits per heavy atom. The third kappa shape index (κ3) is 9.88. The van der Waals surface area contributed by atoms with Crippen LogP contribution in [0.5, 0.6) is 0 Å². The Labute approximate surface area is 322 Å². The van der Waals surface area contributed by atoms with Crippen molar-refractivity contribution < 1.29 is 38.6 Å². The maximum atomic E-state index is 14.3. The van der Waals surface area contributed by atoms with Crippen molar-refractivity contribution >= 4 is 35.7 Å². The fourth-order valence-corrected chi connectivity index (χ4v) is 7.59. The molecule has 292 valence electrons. The number of ether oxygens (including phenoxy) is 1. The first-order chi connectivity index (χ1) is 26.4. The molecule has 3 aromatic rings. The first kappa shape index (κ1) is 40.5. The molecule has 3 atom stereocenters. The quantitative estimate of drug-likeness (QED) is 0.209. The van der Waals surface area contributed by atoms with Crippen LogP contribution in [0.25, 0.3) is 11.1 Å². The van der Waals surface area contributed by atoms with Gasteiger partial charge in [0.25, 0.3) is 0 Å². The van der Waals surface area contributed by atoms with Gasteiger partial charge in [-0.25, -0.2) is 4.79 Å². The van der Waals surface area contributed by atoms with E-state index in [1.807, 2.05) is 78.9 Å². The number of nitrogens with one attached hydrogen (secondary N) is 2. The van der Waals surface area contributed by atoms with Crippen LogP contribution in [0.4, 0.5) is 4.79 Å². The lowest BCUT2D eigenvalue weighted by molar-refractivity contribution is -0.149. The maximum absolute atomic E-state index is 14.3. The van der Waals surface area contributed by atoms with E-state index in [0.717, 1.165) is 47.1 Å². The summed E-state index contributed by atoms with van der Waals surface area (Å²) in [6.45, 7) is 4.07. The highest BCUT2D eigenvalue weighted by molar-refractivity contribution is 5.96. The highest BCUT2D eigenvalue weighted by Gasteiger charge is 2.39. The molecule has 3 N–H and O–H groups in total. The molecule has 0 bridgehead atoms. The van der Waals surface area contributed by atoms with Crippen LogP contribution in [-0.4, -0.2) is 114 Å². The molecule has 5 rings (SSSR count). The van der Waals surface area contributed by atoms with Crippen LogP contribution in [-0.2, 0) is 35.1 Å². The molecule has 1 unspecified atom stereocenters. The van der Waals surface area contributed by atoms with Crippen molar-refractivity contribution in [2.45, 2.75) is 70.0 Å². The summed E-state index contributed by atoms with van der Waals surface area (Å²) in [6, 6.07) is 21.5. The predicted octanol–water partition coefficient (Wildman–Crippen LogP) is 4.05. The number of aliphatic carboxylic acids is 1. The van der Waals surface area contributed by atoms with Crippen LogP contribution >= 0.6 is 0 Å². The second-order valence-electron chi connectivity index (χ2n) is 14.6. The van der Waals surface area contributed by atoms with Crippen LogP contribution in [0.1, 0.15) is 62.1 Å². The second-order valence-corrected chi connectivity index (χ2v) is 14.6. The summed E-state index contributed by atoms with van der Waals surface area (Å²) in [4.78, 5) is 83.9. The van der Waals surface area contributed by atoms with Crippen LogP contribution in [0.15, 0.2) is 78.9 Å². The number of alkyl carbamates (subject to hydrolysis) is 1. The molecule has 1 aliphatic carbocycles. The van der Waals surface area contributed by atoms with Crippen molar-refractivity contribution in [3.8, 4) is 11.1 Å². The highest BCUT2D eigenvalue weighted by Crippen LogP contribution is 2.44. The van der Waals surface area contributed by atoms with Crippen molar-refractivity contribution in [3.63, 3.8) is 0 Å². The lowest BCUT2D eigenvalue weighted by atomic mass is 9.98. The van der Waals surface area contributed by atoms with Crippen LogP contribution in [0, 0.1) is 5.92 Å². The minimum absolute atomic E-state index is 0.0689. The molecule has 5 amide bonds. The zero-order chi connectivity index (χ0) is 39.6. The molecule has 13 nitrogen and oxygen atoms in total. The van der Waals surface area contributed by atoms with Gasteiger partial charge in [0.15, 0.2) is 0 Å². The van der Waals surface area contributed by atoms with E-state index in [9.17, 15) is 33.9 Å². The Bertz CT molecular complexity index is 1820. The maximum Gasteiger partial charge on any atom is 0.407 e. The Hall–Kier alpha value is -5.72. The van der Waals surface area contributed by atoms with Crippen LogP contribution in [0.2, 0.25) is 0 Å². The Kier molecular flexibility index (Phi) is 13.6. The molecule has 13 heteroatoms. The number of likely N-dealkylation sites (N-methyl/N-ethyl adjacent to an activating group) is 2. The van der Waals surface area contributed by atoms with Crippen LogP contribution in [0.3, 0.4) is 0 Å². The molecule has 1 aliphatic heterocycles. The lowest BCUT2D eigenvalue weighted by Gasteiger charge is -2.37. The Balaban J connectivity index is 1.26. The molecular weight excluding hydrogens is 702 g/mol. The summed E-state index contributed by atoms with van der Waals surface area (Å²) in [5.74, 6) is -4.10. The van der Waals surface area contributed by atoms with Crippen molar-refractivity contribution in [2.75, 3.05) is 40.3 Å². The van der Waals surface area contributed by atoms with Gasteiger partial charge in [0.2, 0.25) is 23.6 Å². The molecule has 2 aliphatic rings. The molecule has 55 heavy (non-hydrogen) atoms. The van der Waals surface area contributed by atoms with E-state index in [4.69, 9.17) is 4.74 Å². The standard InChI is InChI=1S/C42H51N5O8/c1-27(2)38(39(51)44-34(24-37(49)50)40(52)47-21-13-6-14-22-47)46(4)41(53)35(23-28-15-7-5-8-16-28)45(3)36(48)25-43-42(54)55-26-33-31-19-11-9-17-29(31)30-18-10-12-20-32(30)33/h5,7-12,15-20,27,33-35,38H,6,13-14,21-26H2,1-4H3,(H,43,54)(H,44,51)(H,49,50)/t34-,35-,38?/m0/s1. The van der Waals surface area contributed by atoms with Gasteiger partial charge in [-0.3, -0.25) is 24.0 Å². The first-order valence-electron chi connectivity index (χ1n) is 18.8. The van der Waals surface area contributed by atoms with Gasteiger partial charge >= 0.3 is 12.1 Å². The topological polar surface area (TPSA) is 166 Å². The van der Waals surface area contributed by atoms with Crippen LogP contribution < -0.4 is 10.6 Å². The molecule has 0 aromatic heterocycles. The average molecular weight is 754 g/mol. The number of nitrogens with zero attached hydrogens (tertiary/aromatic N) is 3. The number of carboxylic acids is 1. The summed E-state index contributed by atoms with van der Waals surface area (Å²) in [6.07, 6.45) is 1.28. The molecule has 1 fully saturated rings. The van der Waals surface area contributed by atoms with Crippen molar-refractivity contribution in [2.24, 2.45) is 5.92 Å². The Morgan fingerprint density at radius 2 is 1.40 bits per heavy atom. The third-order valence-electron chi connectivity index (χ3n) is 10.5. The molecular formula is C42H51N5O8. The van der Waals surface area contributed by atoms with Gasteiger partial charge in [0, 0.05) is 39.5 Å². The Morgan fingerprint density at radius 1 is 0.818 bits per heavy atom. The minimum atomic E-state index is -1.30. The SMILES string of the molecule is CC(C)C(C(=O)N[C@@H](CC(=O)O)C(=O)N1CCCCC1)N(C)C(=O)[C@H](Cc1ccccc1)N(C)C(=O)CNC(=O)OCC1c2ccccc2-c2ccccc21. The summed E-state index contributed by atoms with van der Waals surface area (Å²) < 4.78 is 5.60. The molecule has 1 saturated heterocycles. The van der Waals surface area contributed by atoms with Gasteiger partial charge in [-0.15, -0.1) is 0 Å². The summed E-state index contributed by atoms with van der Waals surface area (Å²) >= 11 is 0. The smallest absolute Gasteiger partial charge is 0.407 e. The fraction of sp³-hybridized carbons (Fsp3) is 0.429. The van der Waals surface area contributed by atoms with Gasteiger partial charge in [0.05, 0.1) is 6.42 Å². The van der Waals surface area contributed by atoms with E-state index in [-0.39, 0.29) is 18.9 Å². The van der Waals surface area contributed by atoms with Gasteiger partial charge in [0.1, 0.15) is 31.3 Å². The zero-order valence-electron chi connectivity index (χ0n) is 31.9. The highest BCUT2D eigenvalue weighted by atomic mass is 16.5. The summed E-state index contributed by atoms with van der Waals surface area (Å²) in [7, 11) is 2.92. The number of hydrogen-bond donors (Lipinski definition) is 3. The monoisotopic (exact) mass is 753 g/mol. The van der Waals surface area contributed by atoms with E-state index < -0.39 is 72.7 Å². The minimum Gasteiger partial charge on any atom is -0.481 e. The van der Waals surface area contributed by atoms with E-state index in [1.54, 1.807) is 18.7 Å². The predicted molar refractivity (Wildman–Crippen MR) is 206 cm³/mol. The number of carbonyl (C=O) groups is 6. The lowest BCUT2D eigenvalue weighted by Crippen LogP contribution is -2.60. The average Bonchev–Trinajstić information content (AvgIpc) is 3.50. The molecule has 1 heterocycles. The number of carbonyl (C=O) groups excluding carboxylic acids is 5. The van der Waals surface area contributed by atoms with Crippen molar-refractivity contribution in [1.82, 2.24) is 25.3 Å². The number of likely N-dealkylation sites (tertiary alicyclic amines) is 1. The number of benzene rings is 3. The van der Waals surface area contributed by atoms with E-state index >= 15 is 0 Å². The van der Waals surface area contributed by atoms with Gasteiger partial charge < -0.3 is 35.2 Å². The van der Waals surface area contributed by atoms with E-state index in [2.05, 4.69) is 10.6 Å². The number of hydrogen-bond acceptors (Lipinski definition) is 7. The third-order valence-corrected chi connectivity index (χ3v) is 10.5. The summed E-state index contributed by atoms with van der Waals surface area (Å²) in [5, 5.41) is 14.7. The van der Waals surface area contributed by atoms with Crippen molar-refractivity contribution in [3.05, 3.63) is 95.6 Å². The van der Waals surface area contributed by atoms with E-state index in [1.165, 1.54) is 23.9 Å². The van der Waals surface area contributed by atoms with E-state index in [0.29, 0.717) is 13.1 Å². The van der Waals surface area contributed by atoms with Gasteiger partial charge in [-0.2, -0.15) is 0 Å². The first-order valence-corrected chi connectivity index (χ1v) is 18.8. The van der Waals surface area contributed by atoms with Gasteiger partial charge in [-0.05, 0) is 53.0 Å². The number of rotatable bonds is 15. The second kappa shape index (κ2) is 18.5. The van der Waals surface area contributed by atoms with Crippen molar-refractivity contribution in [1.29, 1.82) is 0 Å². The number of amides is 5. The largest absolute Gasteiger partial charge is 0.481 e. The number of fused-ring (bicyclic) bond motifs is 3. The normalized spacial score (nSPS) is 15.2. The zero-order valence-corrected chi connectivity index (χ0v) is 31.9. The molecule has 0 saturated carbocycles. The van der Waals surface area contributed by atoms with Gasteiger partial charge in [-0.1, -0.05) is 92.7 Å². The molecule has 3 aromatic carbocycles.